The van der Waals surface area contributed by atoms with Crippen molar-refractivity contribution in [3.05, 3.63) is 237 Å². The van der Waals surface area contributed by atoms with E-state index in [0.29, 0.717) is 17.6 Å². The fourth-order valence-corrected chi connectivity index (χ4v) is 14.6. The third kappa shape index (κ3) is 5.87. The minimum Gasteiger partial charge on any atom is -0.309 e. The summed E-state index contributed by atoms with van der Waals surface area (Å²) in [5.41, 5.74) is 7.32. The predicted octanol–water partition coefficient (Wildman–Crippen LogP) is 10.8. The summed E-state index contributed by atoms with van der Waals surface area (Å²) >= 11 is 0. The first-order chi connectivity index (χ1) is 31.3. The summed E-state index contributed by atoms with van der Waals surface area (Å²) in [5.74, 6) is 1.79. The van der Waals surface area contributed by atoms with Gasteiger partial charge >= 0.3 is 0 Å². The number of rotatable bonds is 8. The minimum atomic E-state index is -2.84. The molecule has 0 N–H and O–H groups in total. The van der Waals surface area contributed by atoms with Crippen LogP contribution >= 0.6 is 0 Å². The number of fused-ring (bicyclic) bond motifs is 7. The standard InChI is InChI=1S/C57H39N5Si/c1-6-21-40(22-7-1)55-58-56(41-23-20-32-46(39-41)63(43-26-10-3-11-27-43,44-28-12-4-13-29-44)45-30-14-5-15-31-45)60-57(59-55)62-50-35-18-16-33-47(50)48-37-38-52-53(54(48)62)49-34-17-19-36-51(49)61(52)42-24-8-2-9-25-42/h1-39H. The molecule has 63 heavy (non-hydrogen) atoms. The van der Waals surface area contributed by atoms with Crippen LogP contribution in [0.2, 0.25) is 0 Å². The van der Waals surface area contributed by atoms with Crippen molar-refractivity contribution >= 4 is 72.4 Å². The molecule has 3 aromatic heterocycles. The van der Waals surface area contributed by atoms with E-state index >= 15 is 0 Å². The summed E-state index contributed by atoms with van der Waals surface area (Å²) in [7, 11) is -2.84. The van der Waals surface area contributed by atoms with Gasteiger partial charge in [-0.1, -0.05) is 206 Å². The average Bonchev–Trinajstić information content (AvgIpc) is 3.89. The molecule has 0 bridgehead atoms. The molecule has 296 valence electrons. The van der Waals surface area contributed by atoms with E-state index < -0.39 is 8.07 Å². The van der Waals surface area contributed by atoms with E-state index in [-0.39, 0.29) is 0 Å². The quantitative estimate of drug-likeness (QED) is 0.113. The number of hydrogen-bond acceptors (Lipinski definition) is 3. The topological polar surface area (TPSA) is 48.5 Å². The van der Waals surface area contributed by atoms with Gasteiger partial charge in [-0.3, -0.25) is 4.57 Å². The lowest BCUT2D eigenvalue weighted by molar-refractivity contribution is 0.955. The number of nitrogens with zero attached hydrogens (tertiary/aromatic N) is 5. The molecule has 0 spiro atoms. The van der Waals surface area contributed by atoms with Crippen LogP contribution < -0.4 is 20.7 Å². The second-order valence-electron chi connectivity index (χ2n) is 16.0. The van der Waals surface area contributed by atoms with Gasteiger partial charge in [-0.25, -0.2) is 4.98 Å². The number of hydrogen-bond donors (Lipinski definition) is 0. The molecule has 0 radical (unpaired) electrons. The smallest absolute Gasteiger partial charge is 0.238 e. The fraction of sp³-hybridized carbons (Fsp3) is 0. The van der Waals surface area contributed by atoms with Gasteiger partial charge in [-0.05, 0) is 51.1 Å². The highest BCUT2D eigenvalue weighted by Gasteiger charge is 2.41. The first-order valence-electron chi connectivity index (χ1n) is 21.4. The molecule has 0 saturated heterocycles. The van der Waals surface area contributed by atoms with Crippen molar-refractivity contribution in [1.29, 1.82) is 0 Å². The Hall–Kier alpha value is -8.19. The molecule has 12 rings (SSSR count). The summed E-state index contributed by atoms with van der Waals surface area (Å²) in [4.78, 5) is 16.2. The Labute approximate surface area is 365 Å². The zero-order valence-corrected chi connectivity index (χ0v) is 35.3. The van der Waals surface area contributed by atoms with Crippen LogP contribution in [0.25, 0.3) is 78.0 Å². The van der Waals surface area contributed by atoms with Crippen LogP contribution in [0, 0.1) is 0 Å². The van der Waals surface area contributed by atoms with Crippen molar-refractivity contribution < 1.29 is 0 Å². The van der Waals surface area contributed by atoms with Gasteiger partial charge in [0.25, 0.3) is 0 Å². The van der Waals surface area contributed by atoms with Crippen LogP contribution in [-0.2, 0) is 0 Å². The van der Waals surface area contributed by atoms with Crippen molar-refractivity contribution in [3.8, 4) is 34.4 Å². The van der Waals surface area contributed by atoms with Crippen molar-refractivity contribution in [1.82, 2.24) is 24.1 Å². The Bertz CT molecular complexity index is 3510. The summed E-state index contributed by atoms with van der Waals surface area (Å²) in [6, 6.07) is 84.8. The van der Waals surface area contributed by atoms with Crippen LogP contribution in [0.5, 0.6) is 0 Å². The maximum Gasteiger partial charge on any atom is 0.238 e. The summed E-state index contributed by atoms with van der Waals surface area (Å²) < 4.78 is 4.64. The normalized spacial score (nSPS) is 11.8. The molecule has 3 heterocycles. The molecule has 0 unspecified atom stereocenters. The van der Waals surface area contributed by atoms with Gasteiger partial charge in [0.15, 0.2) is 19.7 Å². The first-order valence-corrected chi connectivity index (χ1v) is 23.4. The Morgan fingerprint density at radius 2 is 0.794 bits per heavy atom. The first kappa shape index (κ1) is 36.6. The predicted molar refractivity (Wildman–Crippen MR) is 263 cm³/mol. The molecule has 0 aliphatic rings. The Kier molecular flexibility index (Phi) is 8.76. The van der Waals surface area contributed by atoms with E-state index in [1.807, 2.05) is 18.2 Å². The lowest BCUT2D eigenvalue weighted by atomic mass is 10.1. The minimum absolute atomic E-state index is 0.567. The second kappa shape index (κ2) is 15.1. The molecule has 0 aliphatic heterocycles. The average molecular weight is 822 g/mol. The van der Waals surface area contributed by atoms with Crippen molar-refractivity contribution in [2.24, 2.45) is 0 Å². The second-order valence-corrected chi connectivity index (χ2v) is 19.8. The fourth-order valence-electron chi connectivity index (χ4n) is 9.84. The van der Waals surface area contributed by atoms with Gasteiger partial charge in [-0.15, -0.1) is 0 Å². The molecule has 12 aromatic rings. The van der Waals surface area contributed by atoms with E-state index in [0.717, 1.165) is 55.0 Å². The molecule has 0 aliphatic carbocycles. The van der Waals surface area contributed by atoms with E-state index in [2.05, 4.69) is 228 Å². The molecule has 0 fully saturated rings. The van der Waals surface area contributed by atoms with Gasteiger partial charge in [0, 0.05) is 38.4 Å². The molecule has 0 amide bonds. The SMILES string of the molecule is c1ccc(-c2nc(-c3cccc([Si](c4ccccc4)(c4ccccc4)c4ccccc4)c3)nc(-n3c4ccccc4c4ccc5c(c6ccccc6n5-c5ccccc5)c43)n2)cc1. The van der Waals surface area contributed by atoms with Gasteiger partial charge in [0.05, 0.1) is 22.1 Å². The molecule has 9 aromatic carbocycles. The highest BCUT2D eigenvalue weighted by molar-refractivity contribution is 7.19. The number of aromatic nitrogens is 5. The van der Waals surface area contributed by atoms with Crippen LogP contribution in [0.3, 0.4) is 0 Å². The van der Waals surface area contributed by atoms with E-state index in [1.165, 1.54) is 26.1 Å². The summed E-state index contributed by atoms with van der Waals surface area (Å²) in [6.45, 7) is 0. The van der Waals surface area contributed by atoms with Gasteiger partial charge in [-0.2, -0.15) is 9.97 Å². The Morgan fingerprint density at radius 3 is 1.41 bits per heavy atom. The van der Waals surface area contributed by atoms with E-state index in [4.69, 9.17) is 15.0 Å². The van der Waals surface area contributed by atoms with E-state index in [9.17, 15) is 0 Å². The molecule has 5 nitrogen and oxygen atoms in total. The van der Waals surface area contributed by atoms with Crippen molar-refractivity contribution in [3.63, 3.8) is 0 Å². The summed E-state index contributed by atoms with van der Waals surface area (Å²) in [6.07, 6.45) is 0. The molecular formula is C57H39N5Si. The zero-order chi connectivity index (χ0) is 41.7. The van der Waals surface area contributed by atoms with Crippen LogP contribution in [0.15, 0.2) is 237 Å². The molecule has 0 atom stereocenters. The Morgan fingerprint density at radius 1 is 0.317 bits per heavy atom. The summed E-state index contributed by atoms with van der Waals surface area (Å²) in [5, 5.41) is 9.78. The van der Waals surface area contributed by atoms with Crippen molar-refractivity contribution in [2.75, 3.05) is 0 Å². The van der Waals surface area contributed by atoms with Gasteiger partial charge in [0.2, 0.25) is 5.95 Å². The van der Waals surface area contributed by atoms with Crippen molar-refractivity contribution in [2.45, 2.75) is 0 Å². The van der Waals surface area contributed by atoms with Gasteiger partial charge < -0.3 is 4.57 Å². The highest BCUT2D eigenvalue weighted by atomic mass is 28.3. The molecular weight excluding hydrogens is 783 g/mol. The maximum atomic E-state index is 5.51. The lowest BCUT2D eigenvalue weighted by Crippen LogP contribution is -2.74. The zero-order valence-electron chi connectivity index (χ0n) is 34.3. The third-order valence-corrected chi connectivity index (χ3v) is 17.3. The highest BCUT2D eigenvalue weighted by Crippen LogP contribution is 2.41. The monoisotopic (exact) mass is 821 g/mol. The molecule has 0 saturated carbocycles. The lowest BCUT2D eigenvalue weighted by Gasteiger charge is -2.34. The maximum absolute atomic E-state index is 5.51. The Balaban J connectivity index is 1.16. The largest absolute Gasteiger partial charge is 0.309 e. The third-order valence-electron chi connectivity index (χ3n) is 12.5. The van der Waals surface area contributed by atoms with E-state index in [1.54, 1.807) is 0 Å². The number of para-hydroxylation sites is 3. The molecule has 6 heteroatoms. The van der Waals surface area contributed by atoms with Crippen LogP contribution in [0.1, 0.15) is 0 Å². The number of benzene rings is 9. The van der Waals surface area contributed by atoms with Gasteiger partial charge in [0.1, 0.15) is 0 Å². The van der Waals surface area contributed by atoms with Crippen LogP contribution in [-0.4, -0.2) is 32.2 Å². The van der Waals surface area contributed by atoms with Crippen LogP contribution in [0.4, 0.5) is 0 Å².